The number of benzene rings is 1. The van der Waals surface area contributed by atoms with Gasteiger partial charge < -0.3 is 10.1 Å². The highest BCUT2D eigenvalue weighted by atomic mass is 35.5. The van der Waals surface area contributed by atoms with E-state index in [-0.39, 0.29) is 11.2 Å². The molecular weight excluding hydrogens is 250 g/mol. The zero-order chi connectivity index (χ0) is 13.2. The zero-order valence-electron chi connectivity index (χ0n) is 10.8. The molecule has 1 aromatic carbocycles. The Kier molecular flexibility index (Phi) is 3.93. The van der Waals surface area contributed by atoms with Crippen LogP contribution in [-0.4, -0.2) is 26.0 Å². The van der Waals surface area contributed by atoms with Crippen LogP contribution < -0.4 is 10.1 Å². The average Bonchev–Trinajstić information content (AvgIpc) is 2.88. The molecule has 98 valence electrons. The van der Waals surface area contributed by atoms with E-state index in [1.807, 2.05) is 0 Å². The fourth-order valence-electron chi connectivity index (χ4n) is 2.51. The van der Waals surface area contributed by atoms with Crippen molar-refractivity contribution in [1.29, 1.82) is 0 Å². The van der Waals surface area contributed by atoms with Crippen LogP contribution in [0.2, 0.25) is 5.02 Å². The van der Waals surface area contributed by atoms with Gasteiger partial charge in [0.2, 0.25) is 0 Å². The molecule has 1 unspecified atom stereocenters. The molecule has 0 spiro atoms. The lowest BCUT2D eigenvalue weighted by Crippen LogP contribution is -2.32. The van der Waals surface area contributed by atoms with Crippen molar-refractivity contribution in [3.8, 4) is 5.75 Å². The molecule has 0 bridgehead atoms. The SMILES string of the molecule is CCC1(C(=O)c2ccc(Cl)c(OC)c2)CCNC1. The van der Waals surface area contributed by atoms with Crippen molar-refractivity contribution in [3.63, 3.8) is 0 Å². The third-order valence-corrected chi connectivity index (χ3v) is 4.13. The molecule has 1 heterocycles. The summed E-state index contributed by atoms with van der Waals surface area (Å²) in [5.41, 5.74) is 0.417. The monoisotopic (exact) mass is 267 g/mol. The third-order valence-electron chi connectivity index (χ3n) is 3.82. The number of hydrogen-bond acceptors (Lipinski definition) is 3. The van der Waals surface area contributed by atoms with Crippen molar-refractivity contribution in [3.05, 3.63) is 28.8 Å². The van der Waals surface area contributed by atoms with Gasteiger partial charge in [0, 0.05) is 17.5 Å². The second-order valence-electron chi connectivity index (χ2n) is 4.74. The highest BCUT2D eigenvalue weighted by molar-refractivity contribution is 6.32. The van der Waals surface area contributed by atoms with Crippen LogP contribution in [0.15, 0.2) is 18.2 Å². The fourth-order valence-corrected chi connectivity index (χ4v) is 2.70. The Balaban J connectivity index is 2.33. The van der Waals surface area contributed by atoms with E-state index < -0.39 is 0 Å². The third kappa shape index (κ3) is 2.25. The Morgan fingerprint density at radius 1 is 1.56 bits per heavy atom. The molecule has 1 N–H and O–H groups in total. The Morgan fingerprint density at radius 3 is 2.89 bits per heavy atom. The van der Waals surface area contributed by atoms with Gasteiger partial charge in [-0.1, -0.05) is 18.5 Å². The van der Waals surface area contributed by atoms with E-state index >= 15 is 0 Å². The Hall–Kier alpha value is -1.06. The van der Waals surface area contributed by atoms with Gasteiger partial charge in [0.25, 0.3) is 0 Å². The van der Waals surface area contributed by atoms with Gasteiger partial charge in [-0.05, 0) is 37.6 Å². The highest BCUT2D eigenvalue weighted by Crippen LogP contribution is 2.35. The number of nitrogens with one attached hydrogen (secondary N) is 1. The smallest absolute Gasteiger partial charge is 0.170 e. The first-order chi connectivity index (χ1) is 8.63. The second-order valence-corrected chi connectivity index (χ2v) is 5.15. The molecule has 0 amide bonds. The van der Waals surface area contributed by atoms with Crippen LogP contribution >= 0.6 is 11.6 Å². The standard InChI is InChI=1S/C14H18ClNO2/c1-3-14(6-7-16-9-14)13(17)10-4-5-11(15)12(8-10)18-2/h4-5,8,16H,3,6-7,9H2,1-2H3. The minimum Gasteiger partial charge on any atom is -0.495 e. The summed E-state index contributed by atoms with van der Waals surface area (Å²) < 4.78 is 5.17. The lowest BCUT2D eigenvalue weighted by Gasteiger charge is -2.25. The number of Topliss-reactive ketones (excluding diaryl/α,β-unsaturated/α-hetero) is 1. The van der Waals surface area contributed by atoms with Crippen molar-refractivity contribution in [1.82, 2.24) is 5.32 Å². The molecule has 1 aliphatic rings. The maximum absolute atomic E-state index is 12.6. The lowest BCUT2D eigenvalue weighted by atomic mass is 9.77. The Bertz CT molecular complexity index is 453. The first-order valence-corrected chi connectivity index (χ1v) is 6.60. The van der Waals surface area contributed by atoms with Crippen LogP contribution in [0.3, 0.4) is 0 Å². The van der Waals surface area contributed by atoms with Crippen LogP contribution in [0, 0.1) is 5.41 Å². The number of ether oxygens (including phenoxy) is 1. The van der Waals surface area contributed by atoms with E-state index in [0.29, 0.717) is 16.3 Å². The van der Waals surface area contributed by atoms with Crippen molar-refractivity contribution >= 4 is 17.4 Å². The van der Waals surface area contributed by atoms with Crippen LogP contribution in [0.25, 0.3) is 0 Å². The minimum absolute atomic E-state index is 0.185. The first kappa shape index (κ1) is 13.4. The van der Waals surface area contributed by atoms with E-state index in [0.717, 1.165) is 25.9 Å². The van der Waals surface area contributed by atoms with Crippen molar-refractivity contribution in [2.24, 2.45) is 5.41 Å². The van der Waals surface area contributed by atoms with Gasteiger partial charge in [-0.2, -0.15) is 0 Å². The van der Waals surface area contributed by atoms with Gasteiger partial charge in [0.05, 0.1) is 12.1 Å². The van der Waals surface area contributed by atoms with Gasteiger partial charge in [-0.3, -0.25) is 4.79 Å². The van der Waals surface area contributed by atoms with Crippen molar-refractivity contribution < 1.29 is 9.53 Å². The maximum Gasteiger partial charge on any atom is 0.170 e. The summed E-state index contributed by atoms with van der Waals surface area (Å²) in [6, 6.07) is 5.24. The molecule has 0 radical (unpaired) electrons. The van der Waals surface area contributed by atoms with Crippen LogP contribution in [-0.2, 0) is 0 Å². The lowest BCUT2D eigenvalue weighted by molar-refractivity contribution is 0.0810. The van der Waals surface area contributed by atoms with Crippen LogP contribution in [0.5, 0.6) is 5.75 Å². The molecule has 0 saturated carbocycles. The number of carbonyl (C=O) groups is 1. The molecule has 18 heavy (non-hydrogen) atoms. The van der Waals surface area contributed by atoms with E-state index in [4.69, 9.17) is 16.3 Å². The van der Waals surface area contributed by atoms with Gasteiger partial charge in [-0.25, -0.2) is 0 Å². The molecule has 1 fully saturated rings. The molecule has 0 aromatic heterocycles. The molecule has 0 aliphatic carbocycles. The number of methoxy groups -OCH3 is 1. The van der Waals surface area contributed by atoms with Crippen LogP contribution in [0.4, 0.5) is 0 Å². The maximum atomic E-state index is 12.6. The molecular formula is C14H18ClNO2. The molecule has 1 aromatic rings. The Labute approximate surface area is 112 Å². The predicted octanol–water partition coefficient (Wildman–Crippen LogP) is 2.92. The molecule has 2 rings (SSSR count). The van der Waals surface area contributed by atoms with Gasteiger partial charge in [-0.15, -0.1) is 0 Å². The van der Waals surface area contributed by atoms with Crippen LogP contribution in [0.1, 0.15) is 30.1 Å². The summed E-state index contributed by atoms with van der Waals surface area (Å²) >= 11 is 5.98. The quantitative estimate of drug-likeness (QED) is 0.853. The summed E-state index contributed by atoms with van der Waals surface area (Å²) in [4.78, 5) is 12.6. The number of hydrogen-bond donors (Lipinski definition) is 1. The van der Waals surface area contributed by atoms with E-state index in [1.165, 1.54) is 0 Å². The van der Waals surface area contributed by atoms with Crippen molar-refractivity contribution in [2.75, 3.05) is 20.2 Å². The number of rotatable bonds is 4. The predicted molar refractivity (Wildman–Crippen MR) is 72.5 cm³/mol. The fraction of sp³-hybridized carbons (Fsp3) is 0.500. The van der Waals surface area contributed by atoms with Gasteiger partial charge in [0.1, 0.15) is 5.75 Å². The number of carbonyl (C=O) groups excluding carboxylic acids is 1. The normalized spacial score (nSPS) is 23.1. The summed E-state index contributed by atoms with van der Waals surface area (Å²) in [6.45, 7) is 3.73. The second kappa shape index (κ2) is 5.29. The zero-order valence-corrected chi connectivity index (χ0v) is 11.5. The number of halogens is 1. The summed E-state index contributed by atoms with van der Waals surface area (Å²) in [7, 11) is 1.56. The molecule has 1 saturated heterocycles. The topological polar surface area (TPSA) is 38.3 Å². The van der Waals surface area contributed by atoms with Gasteiger partial charge >= 0.3 is 0 Å². The molecule has 3 nitrogen and oxygen atoms in total. The largest absolute Gasteiger partial charge is 0.495 e. The summed E-state index contributed by atoms with van der Waals surface area (Å²) in [6.07, 6.45) is 1.75. The molecule has 1 atom stereocenters. The highest BCUT2D eigenvalue weighted by Gasteiger charge is 2.39. The first-order valence-electron chi connectivity index (χ1n) is 6.22. The average molecular weight is 268 g/mol. The number of ketones is 1. The minimum atomic E-state index is -0.265. The van der Waals surface area contributed by atoms with E-state index in [2.05, 4.69) is 12.2 Å². The Morgan fingerprint density at radius 2 is 2.33 bits per heavy atom. The van der Waals surface area contributed by atoms with E-state index in [1.54, 1.807) is 25.3 Å². The summed E-state index contributed by atoms with van der Waals surface area (Å²) in [5.74, 6) is 0.740. The molecule has 4 heteroatoms. The summed E-state index contributed by atoms with van der Waals surface area (Å²) in [5, 5.41) is 3.81. The van der Waals surface area contributed by atoms with Crippen molar-refractivity contribution in [2.45, 2.75) is 19.8 Å². The molecule has 1 aliphatic heterocycles. The van der Waals surface area contributed by atoms with E-state index in [9.17, 15) is 4.79 Å². The van der Waals surface area contributed by atoms with Gasteiger partial charge in [0.15, 0.2) is 5.78 Å².